The number of rotatable bonds is 4. The van der Waals surface area contributed by atoms with Crippen molar-refractivity contribution < 1.29 is 4.79 Å². The molecule has 0 bridgehead atoms. The molecule has 96 valence electrons. The molecule has 0 aromatic carbocycles. The van der Waals surface area contributed by atoms with E-state index in [0.717, 1.165) is 25.8 Å². The van der Waals surface area contributed by atoms with Crippen LogP contribution in [0.4, 0.5) is 4.79 Å². The minimum atomic E-state index is 0.0236. The molecular weight excluding hydrogens is 212 g/mol. The minimum Gasteiger partial charge on any atom is -0.338 e. The molecule has 17 heavy (non-hydrogen) atoms. The average Bonchev–Trinajstić information content (AvgIpc) is 2.83. The van der Waals surface area contributed by atoms with Crippen molar-refractivity contribution in [2.24, 2.45) is 0 Å². The highest BCUT2D eigenvalue weighted by molar-refractivity contribution is 5.74. The summed E-state index contributed by atoms with van der Waals surface area (Å²) >= 11 is 0. The van der Waals surface area contributed by atoms with Crippen molar-refractivity contribution >= 4 is 6.03 Å². The van der Waals surface area contributed by atoms with Crippen LogP contribution < -0.4 is 10.6 Å². The van der Waals surface area contributed by atoms with E-state index < -0.39 is 0 Å². The Kier molecular flexibility index (Phi) is 4.89. The fourth-order valence-corrected chi connectivity index (χ4v) is 2.78. The van der Waals surface area contributed by atoms with Crippen LogP contribution in [0, 0.1) is 0 Å². The standard InChI is InChI=1S/C14H24N2O/c17-14(16-13-8-2-1-3-9-13)15-11-10-12-6-4-5-7-12/h6,13H,1-5,7-11H2,(H2,15,16,17). The van der Waals surface area contributed by atoms with Crippen molar-refractivity contribution in [3.63, 3.8) is 0 Å². The zero-order chi connectivity index (χ0) is 11.9. The summed E-state index contributed by atoms with van der Waals surface area (Å²) in [5.74, 6) is 0. The Morgan fingerprint density at radius 1 is 1.24 bits per heavy atom. The maximum Gasteiger partial charge on any atom is 0.315 e. The fourth-order valence-electron chi connectivity index (χ4n) is 2.78. The second-order valence-corrected chi connectivity index (χ2v) is 5.24. The van der Waals surface area contributed by atoms with Crippen molar-refractivity contribution in [2.75, 3.05) is 6.54 Å². The van der Waals surface area contributed by atoms with Gasteiger partial charge in [-0.15, -0.1) is 0 Å². The molecule has 3 nitrogen and oxygen atoms in total. The first-order chi connectivity index (χ1) is 8.34. The number of carbonyl (C=O) groups is 1. The van der Waals surface area contributed by atoms with Gasteiger partial charge in [-0.2, -0.15) is 0 Å². The fraction of sp³-hybridized carbons (Fsp3) is 0.786. The maximum atomic E-state index is 11.6. The minimum absolute atomic E-state index is 0.0236. The summed E-state index contributed by atoms with van der Waals surface area (Å²) in [6, 6.07) is 0.435. The topological polar surface area (TPSA) is 41.1 Å². The molecule has 2 amide bonds. The van der Waals surface area contributed by atoms with Crippen LogP contribution in [-0.4, -0.2) is 18.6 Å². The highest BCUT2D eigenvalue weighted by Gasteiger charge is 2.15. The molecular formula is C14H24N2O. The van der Waals surface area contributed by atoms with E-state index in [-0.39, 0.29) is 6.03 Å². The normalized spacial score (nSPS) is 21.1. The molecule has 2 rings (SSSR count). The van der Waals surface area contributed by atoms with Crippen molar-refractivity contribution in [1.82, 2.24) is 10.6 Å². The lowest BCUT2D eigenvalue weighted by Crippen LogP contribution is -2.43. The lowest BCUT2D eigenvalue weighted by Gasteiger charge is -2.22. The number of carbonyl (C=O) groups excluding carboxylic acids is 1. The second-order valence-electron chi connectivity index (χ2n) is 5.24. The Bertz CT molecular complexity index is 280. The quantitative estimate of drug-likeness (QED) is 0.723. The molecule has 2 N–H and O–H groups in total. The van der Waals surface area contributed by atoms with Crippen LogP contribution >= 0.6 is 0 Å². The SMILES string of the molecule is O=C(NCCC1=CCCC1)NC1CCCCC1. The van der Waals surface area contributed by atoms with Gasteiger partial charge in [0.1, 0.15) is 0 Å². The number of nitrogens with one attached hydrogen (secondary N) is 2. The highest BCUT2D eigenvalue weighted by Crippen LogP contribution is 2.20. The van der Waals surface area contributed by atoms with Gasteiger partial charge in [-0.05, 0) is 38.5 Å². The number of hydrogen-bond donors (Lipinski definition) is 2. The average molecular weight is 236 g/mol. The van der Waals surface area contributed by atoms with E-state index >= 15 is 0 Å². The van der Waals surface area contributed by atoms with Crippen LogP contribution in [0.2, 0.25) is 0 Å². The molecule has 0 aromatic heterocycles. The Hall–Kier alpha value is -0.990. The van der Waals surface area contributed by atoms with Crippen LogP contribution in [0.25, 0.3) is 0 Å². The van der Waals surface area contributed by atoms with Crippen molar-refractivity contribution in [3.8, 4) is 0 Å². The van der Waals surface area contributed by atoms with Crippen LogP contribution in [0.5, 0.6) is 0 Å². The first-order valence-electron chi connectivity index (χ1n) is 7.07. The first kappa shape index (κ1) is 12.5. The van der Waals surface area contributed by atoms with E-state index in [0.29, 0.717) is 6.04 Å². The zero-order valence-electron chi connectivity index (χ0n) is 10.6. The molecule has 1 fully saturated rings. The summed E-state index contributed by atoms with van der Waals surface area (Å²) in [4.78, 5) is 11.6. The van der Waals surface area contributed by atoms with Gasteiger partial charge in [0.25, 0.3) is 0 Å². The van der Waals surface area contributed by atoms with Gasteiger partial charge in [-0.25, -0.2) is 4.79 Å². The monoisotopic (exact) mass is 236 g/mol. The van der Waals surface area contributed by atoms with Crippen molar-refractivity contribution in [3.05, 3.63) is 11.6 Å². The molecule has 0 spiro atoms. The number of hydrogen-bond acceptors (Lipinski definition) is 1. The number of allylic oxidation sites excluding steroid dienone is 1. The van der Waals surface area contributed by atoms with Crippen molar-refractivity contribution in [1.29, 1.82) is 0 Å². The van der Waals surface area contributed by atoms with Gasteiger partial charge in [0.05, 0.1) is 0 Å². The van der Waals surface area contributed by atoms with Gasteiger partial charge in [0.15, 0.2) is 0 Å². The number of urea groups is 1. The summed E-state index contributed by atoms with van der Waals surface area (Å²) in [5, 5.41) is 6.04. The lowest BCUT2D eigenvalue weighted by atomic mass is 9.96. The van der Waals surface area contributed by atoms with Crippen LogP contribution in [0.1, 0.15) is 57.8 Å². The third-order valence-corrected chi connectivity index (χ3v) is 3.81. The largest absolute Gasteiger partial charge is 0.338 e. The summed E-state index contributed by atoms with van der Waals surface area (Å²) in [7, 11) is 0. The molecule has 0 heterocycles. The molecule has 0 saturated heterocycles. The lowest BCUT2D eigenvalue weighted by molar-refractivity contribution is 0.233. The molecule has 0 unspecified atom stereocenters. The molecule has 2 aliphatic rings. The Morgan fingerprint density at radius 3 is 2.76 bits per heavy atom. The van der Waals surface area contributed by atoms with Gasteiger partial charge in [0, 0.05) is 12.6 Å². The summed E-state index contributed by atoms with van der Waals surface area (Å²) in [6.45, 7) is 0.782. The van der Waals surface area contributed by atoms with E-state index in [1.807, 2.05) is 0 Å². The van der Waals surface area contributed by atoms with Gasteiger partial charge in [-0.1, -0.05) is 30.9 Å². The molecule has 0 radical (unpaired) electrons. The Balaban J connectivity index is 1.56. The van der Waals surface area contributed by atoms with E-state index in [4.69, 9.17) is 0 Å². The predicted octanol–water partition coefficient (Wildman–Crippen LogP) is 3.12. The van der Waals surface area contributed by atoms with Crippen molar-refractivity contribution in [2.45, 2.75) is 63.8 Å². The van der Waals surface area contributed by atoms with E-state index in [9.17, 15) is 4.79 Å². The van der Waals surface area contributed by atoms with E-state index in [1.165, 1.54) is 44.1 Å². The smallest absolute Gasteiger partial charge is 0.315 e. The molecule has 2 aliphatic carbocycles. The Morgan fingerprint density at radius 2 is 2.06 bits per heavy atom. The molecule has 3 heteroatoms. The highest BCUT2D eigenvalue weighted by atomic mass is 16.2. The first-order valence-corrected chi connectivity index (χ1v) is 7.07. The third-order valence-electron chi connectivity index (χ3n) is 3.81. The van der Waals surface area contributed by atoms with Crippen LogP contribution in [0.3, 0.4) is 0 Å². The second kappa shape index (κ2) is 6.67. The summed E-state index contributed by atoms with van der Waals surface area (Å²) in [5.41, 5.74) is 1.52. The molecule has 0 aromatic rings. The summed E-state index contributed by atoms with van der Waals surface area (Å²) in [6.07, 6.45) is 13.2. The van der Waals surface area contributed by atoms with Gasteiger partial charge in [-0.3, -0.25) is 0 Å². The zero-order valence-corrected chi connectivity index (χ0v) is 10.6. The van der Waals surface area contributed by atoms with E-state index in [2.05, 4.69) is 16.7 Å². The van der Waals surface area contributed by atoms with Gasteiger partial charge >= 0.3 is 6.03 Å². The van der Waals surface area contributed by atoms with E-state index in [1.54, 1.807) is 0 Å². The van der Waals surface area contributed by atoms with Gasteiger partial charge in [0.2, 0.25) is 0 Å². The Labute approximate surface area is 104 Å². The predicted molar refractivity (Wildman–Crippen MR) is 70.0 cm³/mol. The maximum absolute atomic E-state index is 11.6. The molecule has 0 aliphatic heterocycles. The molecule has 0 atom stereocenters. The summed E-state index contributed by atoms with van der Waals surface area (Å²) < 4.78 is 0. The number of amides is 2. The van der Waals surface area contributed by atoms with Crippen LogP contribution in [0.15, 0.2) is 11.6 Å². The molecule has 1 saturated carbocycles. The van der Waals surface area contributed by atoms with Gasteiger partial charge < -0.3 is 10.6 Å². The third kappa shape index (κ3) is 4.41. The van der Waals surface area contributed by atoms with Crippen LogP contribution in [-0.2, 0) is 0 Å².